The smallest absolute Gasteiger partial charge is 0.407 e. The largest absolute Gasteiger partial charge is 0.450 e. The van der Waals surface area contributed by atoms with E-state index in [1.807, 2.05) is 0 Å². The van der Waals surface area contributed by atoms with Gasteiger partial charge in [0.25, 0.3) is 0 Å². The molecule has 2 heterocycles. The molecule has 106 valence electrons. The van der Waals surface area contributed by atoms with Gasteiger partial charge < -0.3 is 10.1 Å². The Morgan fingerprint density at radius 2 is 2.30 bits per heavy atom. The molecule has 0 saturated carbocycles. The first-order valence-electron chi connectivity index (χ1n) is 6.24. The van der Waals surface area contributed by atoms with Crippen molar-refractivity contribution in [2.24, 2.45) is 0 Å². The zero-order valence-corrected chi connectivity index (χ0v) is 11.0. The lowest BCUT2D eigenvalue weighted by atomic mass is 10.2. The molecule has 0 fully saturated rings. The van der Waals surface area contributed by atoms with Gasteiger partial charge in [-0.15, -0.1) is 0 Å². The number of alkyl carbamates (subject to hydrolysis) is 1. The number of pyridine rings is 1. The summed E-state index contributed by atoms with van der Waals surface area (Å²) < 4.78 is 19.2. The Morgan fingerprint density at radius 3 is 3.00 bits per heavy atom. The normalized spacial score (nSPS) is 10.3. The van der Waals surface area contributed by atoms with Crippen LogP contribution in [0.25, 0.3) is 11.3 Å². The molecule has 0 unspecified atom stereocenters. The summed E-state index contributed by atoms with van der Waals surface area (Å²) in [6.45, 7) is 3.01. The Bertz CT molecular complexity index is 568. The molecule has 2 aromatic heterocycles. The van der Waals surface area contributed by atoms with Crippen molar-refractivity contribution in [3.63, 3.8) is 0 Å². The van der Waals surface area contributed by atoms with Crippen LogP contribution in [0.1, 0.15) is 6.92 Å². The minimum atomic E-state index is -0.444. The molecule has 2 rings (SSSR count). The SMILES string of the molecule is CCOC(=O)NCCn1cc(-c2ccc(F)cn2)cn1. The van der Waals surface area contributed by atoms with Gasteiger partial charge in [-0.3, -0.25) is 9.67 Å². The molecule has 20 heavy (non-hydrogen) atoms. The van der Waals surface area contributed by atoms with Crippen molar-refractivity contribution in [1.82, 2.24) is 20.1 Å². The molecular formula is C13H15FN4O2. The minimum Gasteiger partial charge on any atom is -0.450 e. The summed E-state index contributed by atoms with van der Waals surface area (Å²) in [6.07, 6.45) is 4.15. The molecule has 0 saturated heterocycles. The standard InChI is InChI=1S/C13H15FN4O2/c1-2-20-13(19)15-5-6-18-9-10(7-17-18)12-4-3-11(14)8-16-12/h3-4,7-9H,2,5-6H2,1H3,(H,15,19). The lowest BCUT2D eigenvalue weighted by molar-refractivity contribution is 0.151. The lowest BCUT2D eigenvalue weighted by Crippen LogP contribution is -2.27. The van der Waals surface area contributed by atoms with Crippen LogP contribution in [-0.4, -0.2) is 34.0 Å². The molecule has 0 aliphatic heterocycles. The Balaban J connectivity index is 1.89. The van der Waals surface area contributed by atoms with Gasteiger partial charge in [-0.25, -0.2) is 9.18 Å². The molecule has 0 radical (unpaired) electrons. The van der Waals surface area contributed by atoms with E-state index in [9.17, 15) is 9.18 Å². The van der Waals surface area contributed by atoms with Crippen LogP contribution in [0.15, 0.2) is 30.7 Å². The predicted molar refractivity (Wildman–Crippen MR) is 70.4 cm³/mol. The maximum absolute atomic E-state index is 12.8. The van der Waals surface area contributed by atoms with E-state index in [0.717, 1.165) is 11.8 Å². The number of hydrogen-bond donors (Lipinski definition) is 1. The Morgan fingerprint density at radius 1 is 1.45 bits per heavy atom. The van der Waals surface area contributed by atoms with E-state index in [0.29, 0.717) is 25.4 Å². The van der Waals surface area contributed by atoms with Gasteiger partial charge in [-0.2, -0.15) is 5.10 Å². The average Bonchev–Trinajstić information content (AvgIpc) is 2.89. The van der Waals surface area contributed by atoms with Gasteiger partial charge >= 0.3 is 6.09 Å². The van der Waals surface area contributed by atoms with E-state index >= 15 is 0 Å². The second-order valence-electron chi connectivity index (χ2n) is 4.00. The fourth-order valence-electron chi connectivity index (χ4n) is 1.62. The van der Waals surface area contributed by atoms with E-state index < -0.39 is 6.09 Å². The summed E-state index contributed by atoms with van der Waals surface area (Å²) in [6, 6.07) is 2.94. The van der Waals surface area contributed by atoms with E-state index in [4.69, 9.17) is 4.74 Å². The van der Waals surface area contributed by atoms with Crippen molar-refractivity contribution in [3.05, 3.63) is 36.5 Å². The number of rotatable bonds is 5. The van der Waals surface area contributed by atoms with Crippen molar-refractivity contribution in [3.8, 4) is 11.3 Å². The third kappa shape index (κ3) is 3.78. The quantitative estimate of drug-likeness (QED) is 0.906. The van der Waals surface area contributed by atoms with Crippen LogP contribution in [0, 0.1) is 5.82 Å². The molecule has 7 heteroatoms. The number of aromatic nitrogens is 3. The number of halogens is 1. The van der Waals surface area contributed by atoms with E-state index in [2.05, 4.69) is 15.4 Å². The van der Waals surface area contributed by atoms with Crippen LogP contribution in [0.2, 0.25) is 0 Å². The van der Waals surface area contributed by atoms with Gasteiger partial charge in [-0.1, -0.05) is 0 Å². The number of nitrogens with one attached hydrogen (secondary N) is 1. The summed E-state index contributed by atoms with van der Waals surface area (Å²) >= 11 is 0. The maximum atomic E-state index is 12.8. The van der Waals surface area contributed by atoms with Crippen LogP contribution in [0.4, 0.5) is 9.18 Å². The molecule has 0 aromatic carbocycles. The van der Waals surface area contributed by atoms with Gasteiger partial charge in [0.2, 0.25) is 0 Å². The zero-order valence-electron chi connectivity index (χ0n) is 11.0. The molecule has 1 amide bonds. The lowest BCUT2D eigenvalue weighted by Gasteiger charge is -2.04. The summed E-state index contributed by atoms with van der Waals surface area (Å²) in [7, 11) is 0. The highest BCUT2D eigenvalue weighted by Crippen LogP contribution is 2.15. The molecule has 2 aromatic rings. The molecule has 0 aliphatic rings. The Hall–Kier alpha value is -2.44. The monoisotopic (exact) mass is 278 g/mol. The maximum Gasteiger partial charge on any atom is 0.407 e. The summed E-state index contributed by atoms with van der Waals surface area (Å²) in [5.74, 6) is -0.375. The number of carbonyl (C=O) groups excluding carboxylic acids is 1. The van der Waals surface area contributed by atoms with E-state index in [1.165, 1.54) is 6.07 Å². The second kappa shape index (κ2) is 6.65. The topological polar surface area (TPSA) is 69.0 Å². The first-order valence-corrected chi connectivity index (χ1v) is 6.24. The van der Waals surface area contributed by atoms with Crippen LogP contribution in [0.3, 0.4) is 0 Å². The minimum absolute atomic E-state index is 0.341. The van der Waals surface area contributed by atoms with Crippen molar-refractivity contribution >= 4 is 6.09 Å². The third-order valence-corrected chi connectivity index (χ3v) is 2.54. The number of carbonyl (C=O) groups is 1. The highest BCUT2D eigenvalue weighted by Gasteiger charge is 2.04. The Labute approximate surface area is 115 Å². The average molecular weight is 278 g/mol. The fraction of sp³-hybridized carbons (Fsp3) is 0.308. The predicted octanol–water partition coefficient (Wildman–Crippen LogP) is 1.83. The van der Waals surface area contributed by atoms with Crippen molar-refractivity contribution in [2.45, 2.75) is 13.5 Å². The number of nitrogens with zero attached hydrogens (tertiary/aromatic N) is 3. The van der Waals surface area contributed by atoms with Crippen molar-refractivity contribution in [2.75, 3.05) is 13.2 Å². The van der Waals surface area contributed by atoms with Gasteiger partial charge in [0.15, 0.2) is 0 Å². The molecule has 1 N–H and O–H groups in total. The van der Waals surface area contributed by atoms with Crippen molar-refractivity contribution in [1.29, 1.82) is 0 Å². The first kappa shape index (κ1) is 14.0. The molecule has 0 aliphatic carbocycles. The van der Waals surface area contributed by atoms with Gasteiger partial charge in [-0.05, 0) is 19.1 Å². The van der Waals surface area contributed by atoms with Crippen molar-refractivity contribution < 1.29 is 13.9 Å². The Kier molecular flexibility index (Phi) is 4.65. The molecule has 0 spiro atoms. The van der Waals surface area contributed by atoms with Gasteiger partial charge in [0.05, 0.1) is 31.2 Å². The number of ether oxygens (including phenoxy) is 1. The highest BCUT2D eigenvalue weighted by molar-refractivity contribution is 5.66. The highest BCUT2D eigenvalue weighted by atomic mass is 19.1. The second-order valence-corrected chi connectivity index (χ2v) is 4.00. The van der Waals surface area contributed by atoms with E-state index in [1.54, 1.807) is 30.1 Å². The summed E-state index contributed by atoms with van der Waals surface area (Å²) in [4.78, 5) is 15.1. The zero-order chi connectivity index (χ0) is 14.4. The molecule has 6 nitrogen and oxygen atoms in total. The van der Waals surface area contributed by atoms with E-state index in [-0.39, 0.29) is 5.82 Å². The van der Waals surface area contributed by atoms with Gasteiger partial charge in [0, 0.05) is 18.3 Å². The number of amides is 1. The van der Waals surface area contributed by atoms with Crippen LogP contribution in [0.5, 0.6) is 0 Å². The molecular weight excluding hydrogens is 263 g/mol. The van der Waals surface area contributed by atoms with Crippen LogP contribution < -0.4 is 5.32 Å². The van der Waals surface area contributed by atoms with Crippen LogP contribution in [-0.2, 0) is 11.3 Å². The summed E-state index contributed by atoms with van der Waals surface area (Å²) in [5.41, 5.74) is 1.44. The molecule has 0 bridgehead atoms. The fourth-order valence-corrected chi connectivity index (χ4v) is 1.62. The summed E-state index contributed by atoms with van der Waals surface area (Å²) in [5, 5.41) is 6.75. The van der Waals surface area contributed by atoms with Crippen LogP contribution >= 0.6 is 0 Å². The van der Waals surface area contributed by atoms with Gasteiger partial charge in [0.1, 0.15) is 5.82 Å². The molecule has 0 atom stereocenters. The third-order valence-electron chi connectivity index (χ3n) is 2.54. The number of hydrogen-bond acceptors (Lipinski definition) is 4. The first-order chi connectivity index (χ1) is 9.69.